The summed E-state index contributed by atoms with van der Waals surface area (Å²) in [5, 5.41) is 5.05. The van der Waals surface area contributed by atoms with Crippen molar-refractivity contribution in [2.75, 3.05) is 0 Å². The molecule has 0 N–H and O–H groups in total. The molecule has 0 fully saturated rings. The van der Waals surface area contributed by atoms with Crippen molar-refractivity contribution < 1.29 is 0 Å². The van der Waals surface area contributed by atoms with E-state index in [0.29, 0.717) is 0 Å². The Labute approximate surface area is 340 Å². The molecule has 0 saturated carbocycles. The average molecular weight is 755 g/mol. The van der Waals surface area contributed by atoms with Gasteiger partial charge >= 0.3 is 0 Å². The van der Waals surface area contributed by atoms with Crippen molar-refractivity contribution in [3.8, 4) is 33.6 Å². The van der Waals surface area contributed by atoms with E-state index in [-0.39, 0.29) is 0 Å². The Balaban J connectivity index is 1.06. The molecule has 0 bridgehead atoms. The summed E-state index contributed by atoms with van der Waals surface area (Å²) in [6.45, 7) is 0. The highest BCUT2D eigenvalue weighted by Crippen LogP contribution is 2.62. The van der Waals surface area contributed by atoms with Crippen molar-refractivity contribution in [2.45, 2.75) is 15.2 Å². The Morgan fingerprint density at radius 2 is 0.862 bits per heavy atom. The molecule has 3 heteroatoms. The monoisotopic (exact) mass is 754 g/mol. The summed E-state index contributed by atoms with van der Waals surface area (Å²) in [6.07, 6.45) is 0. The molecule has 1 aliphatic heterocycles. The fourth-order valence-electron chi connectivity index (χ4n) is 10.4. The van der Waals surface area contributed by atoms with Gasteiger partial charge in [0.1, 0.15) is 0 Å². The van der Waals surface area contributed by atoms with Crippen molar-refractivity contribution >= 4 is 55.4 Å². The Bertz CT molecular complexity index is 3450. The highest BCUT2D eigenvalue weighted by atomic mass is 32.2. The van der Waals surface area contributed by atoms with Crippen molar-refractivity contribution in [2.24, 2.45) is 0 Å². The molecule has 3 heterocycles. The van der Waals surface area contributed by atoms with Crippen LogP contribution in [0.4, 0.5) is 0 Å². The number of fused-ring (bicyclic) bond motifs is 15. The Kier molecular flexibility index (Phi) is 6.62. The first-order valence-electron chi connectivity index (χ1n) is 20.0. The van der Waals surface area contributed by atoms with E-state index in [9.17, 15) is 0 Å². The number of aromatic nitrogens is 2. The Morgan fingerprint density at radius 3 is 1.60 bits per heavy atom. The Hall–Kier alpha value is -7.07. The second-order valence-electron chi connectivity index (χ2n) is 15.6. The first-order chi connectivity index (χ1) is 28.8. The van der Waals surface area contributed by atoms with E-state index in [1.807, 2.05) is 11.8 Å². The minimum Gasteiger partial charge on any atom is -0.309 e. The quantitative estimate of drug-likeness (QED) is 0.175. The van der Waals surface area contributed by atoms with Crippen LogP contribution < -0.4 is 0 Å². The molecular weight excluding hydrogens is 721 g/mol. The van der Waals surface area contributed by atoms with Crippen LogP contribution in [-0.4, -0.2) is 9.13 Å². The topological polar surface area (TPSA) is 9.86 Å². The summed E-state index contributed by atoms with van der Waals surface area (Å²) < 4.78 is 4.88. The summed E-state index contributed by atoms with van der Waals surface area (Å²) in [6, 6.07) is 76.7. The van der Waals surface area contributed by atoms with Crippen LogP contribution in [0.5, 0.6) is 0 Å². The number of rotatable bonds is 3. The van der Waals surface area contributed by atoms with Gasteiger partial charge in [-0.2, -0.15) is 0 Å². The maximum atomic E-state index is 2.53. The number of hydrogen-bond acceptors (Lipinski definition) is 1. The molecule has 58 heavy (non-hydrogen) atoms. The van der Waals surface area contributed by atoms with Crippen LogP contribution in [0.25, 0.3) is 77.2 Å². The first kappa shape index (κ1) is 32.1. The van der Waals surface area contributed by atoms with Gasteiger partial charge in [-0.05, 0) is 117 Å². The van der Waals surface area contributed by atoms with Gasteiger partial charge in [-0.15, -0.1) is 0 Å². The molecule has 13 rings (SSSR count). The van der Waals surface area contributed by atoms with Gasteiger partial charge < -0.3 is 9.13 Å². The lowest BCUT2D eigenvalue weighted by atomic mass is 9.67. The molecule has 1 spiro atoms. The van der Waals surface area contributed by atoms with Crippen LogP contribution >= 0.6 is 11.8 Å². The molecule has 2 aromatic heterocycles. The minimum atomic E-state index is -0.434. The van der Waals surface area contributed by atoms with Gasteiger partial charge in [0.2, 0.25) is 0 Å². The molecule has 9 aromatic carbocycles. The molecule has 2 nitrogen and oxygen atoms in total. The van der Waals surface area contributed by atoms with E-state index in [0.717, 1.165) is 5.69 Å². The van der Waals surface area contributed by atoms with Crippen molar-refractivity contribution in [3.63, 3.8) is 0 Å². The number of hydrogen-bond donors (Lipinski definition) is 0. The number of benzene rings is 9. The van der Waals surface area contributed by atoms with Crippen LogP contribution in [0, 0.1) is 0 Å². The van der Waals surface area contributed by atoms with Crippen LogP contribution in [0.3, 0.4) is 0 Å². The van der Waals surface area contributed by atoms with E-state index in [4.69, 9.17) is 0 Å². The molecule has 2 aliphatic rings. The van der Waals surface area contributed by atoms with Gasteiger partial charge in [0.25, 0.3) is 0 Å². The second-order valence-corrected chi connectivity index (χ2v) is 16.7. The van der Waals surface area contributed by atoms with E-state index in [1.165, 1.54) is 104 Å². The third kappa shape index (κ3) is 4.23. The fraction of sp³-hybridized carbons (Fsp3) is 0.0182. The van der Waals surface area contributed by atoms with Crippen LogP contribution in [-0.2, 0) is 5.41 Å². The van der Waals surface area contributed by atoms with Gasteiger partial charge in [-0.1, -0.05) is 145 Å². The molecular formula is C55H34N2S. The fourth-order valence-corrected chi connectivity index (χ4v) is 11.6. The smallest absolute Gasteiger partial charge is 0.0736 e. The molecule has 0 saturated heterocycles. The SMILES string of the molecule is c1ccc(-n2c3ccccc3c3cc(-c4cccc(-n5c6ccccc6c6cc7c(cc65)C5(c6ccccc6Sc6ccccc65)c5ccccc5-7)c4)ccc32)cc1. The van der Waals surface area contributed by atoms with Gasteiger partial charge in [0.05, 0.1) is 27.5 Å². The average Bonchev–Trinajstić information content (AvgIpc) is 3.90. The summed E-state index contributed by atoms with van der Waals surface area (Å²) in [4.78, 5) is 2.64. The maximum Gasteiger partial charge on any atom is 0.0736 e. The first-order valence-corrected chi connectivity index (χ1v) is 20.8. The highest BCUT2D eigenvalue weighted by molar-refractivity contribution is 7.99. The molecule has 1 aliphatic carbocycles. The Morgan fingerprint density at radius 1 is 0.310 bits per heavy atom. The molecule has 270 valence electrons. The molecule has 0 unspecified atom stereocenters. The third-order valence-corrected chi connectivity index (χ3v) is 13.9. The van der Waals surface area contributed by atoms with Gasteiger partial charge in [-0.25, -0.2) is 0 Å². The standard InChI is InChI=1S/C55H34N2S/c1-2-16-37(17-3-1)56-49-25-10-5-20-40(49)43-32-36(29-30-51(43)56)35-15-14-18-38(31-35)57-50-26-11-6-21-41(50)44-33-42-39-19-4-7-22-45(39)55(48(42)34-52(44)57)46-23-8-12-27-53(46)58-54-28-13-9-24-47(54)55/h1-34H. The zero-order valence-electron chi connectivity index (χ0n) is 31.4. The van der Waals surface area contributed by atoms with Crippen molar-refractivity contribution in [1.82, 2.24) is 9.13 Å². The molecule has 0 radical (unpaired) electrons. The van der Waals surface area contributed by atoms with Crippen molar-refractivity contribution in [1.29, 1.82) is 0 Å². The van der Waals surface area contributed by atoms with Crippen LogP contribution in [0.2, 0.25) is 0 Å². The summed E-state index contributed by atoms with van der Waals surface area (Å²) in [5.74, 6) is 0. The largest absolute Gasteiger partial charge is 0.309 e. The zero-order valence-corrected chi connectivity index (χ0v) is 32.2. The van der Waals surface area contributed by atoms with Crippen molar-refractivity contribution in [3.05, 3.63) is 229 Å². The third-order valence-electron chi connectivity index (χ3n) is 12.8. The molecule has 0 atom stereocenters. The predicted molar refractivity (Wildman–Crippen MR) is 242 cm³/mol. The van der Waals surface area contributed by atoms with E-state index < -0.39 is 5.41 Å². The van der Waals surface area contributed by atoms with E-state index in [1.54, 1.807) is 0 Å². The van der Waals surface area contributed by atoms with E-state index >= 15 is 0 Å². The number of para-hydroxylation sites is 3. The lowest BCUT2D eigenvalue weighted by Gasteiger charge is -2.39. The lowest BCUT2D eigenvalue weighted by molar-refractivity contribution is 0.723. The number of nitrogens with zero attached hydrogens (tertiary/aromatic N) is 2. The minimum absolute atomic E-state index is 0.434. The second kappa shape index (κ2) is 12.0. The van der Waals surface area contributed by atoms with Crippen LogP contribution in [0.15, 0.2) is 216 Å². The van der Waals surface area contributed by atoms with Gasteiger partial charge in [0.15, 0.2) is 0 Å². The zero-order chi connectivity index (χ0) is 38.0. The normalized spacial score (nSPS) is 13.6. The summed E-state index contributed by atoms with van der Waals surface area (Å²) in [5.41, 5.74) is 17.2. The molecule has 11 aromatic rings. The van der Waals surface area contributed by atoms with Gasteiger partial charge in [-0.3, -0.25) is 0 Å². The lowest BCUT2D eigenvalue weighted by Crippen LogP contribution is -2.31. The van der Waals surface area contributed by atoms with E-state index in [2.05, 4.69) is 215 Å². The summed E-state index contributed by atoms with van der Waals surface area (Å²) in [7, 11) is 0. The van der Waals surface area contributed by atoms with Gasteiger partial charge in [0, 0.05) is 42.7 Å². The molecule has 0 amide bonds. The predicted octanol–water partition coefficient (Wildman–Crippen LogP) is 14.4. The van der Waals surface area contributed by atoms with Crippen LogP contribution in [0.1, 0.15) is 22.3 Å². The highest BCUT2D eigenvalue weighted by Gasteiger charge is 2.50. The summed E-state index contributed by atoms with van der Waals surface area (Å²) >= 11 is 1.89. The maximum absolute atomic E-state index is 2.53.